The van der Waals surface area contributed by atoms with Crippen molar-refractivity contribution in [2.24, 2.45) is 5.14 Å². The van der Waals surface area contributed by atoms with Gasteiger partial charge in [0.25, 0.3) is 15.9 Å². The minimum Gasteiger partial charge on any atom is -0.479 e. The molecule has 0 saturated heterocycles. The van der Waals surface area contributed by atoms with E-state index in [9.17, 15) is 96.0 Å². The van der Waals surface area contributed by atoms with Crippen LogP contribution in [0.25, 0.3) is 0 Å². The van der Waals surface area contributed by atoms with Crippen LogP contribution in [0.3, 0.4) is 0 Å². The standard InChI is InChI=1S/C29H42N2O15S3.C22H32O14.C10H16N2O4S3/c1-9-11-22(32)42-16(5)25(34)44-18(7)27(36)46-19(8)28(37)45-17(6)26(35)43-15(4)24(33)31-49(40,41)23-13-20-21(30-10-2)12-14(3)48(38,39)29(20)47-23;1-8-9-16(23)31-11(3)18(26)33-13(5)20(28)35-15(7)22(30)36-14(6)21(29)34-12(4)19(27)32-10(2)17(24)25;1-3-12-8-4-6(2)18(13,14)10-7(8)5-9(17-10)19(11,15)16/h13-19,21,30H,9-12H2,1-8H3,(H,31,33);10-15H,8-9H2,1-7H3,(H,24,25);5-6,8,12H,3-4H2,1-2H3,(H2,11,15,16)/t14-,15-,16-,17-,18-,19-,21-;10-,11+,12-,13-,14-,15-;6-,8-/m010/s1. The molecule has 6 N–H and O–H groups in total. The Balaban J connectivity index is 0.000000581. The molecule has 2 aliphatic rings. The first-order valence-electron chi connectivity index (χ1n) is 32.2. The summed E-state index contributed by atoms with van der Waals surface area (Å²) in [7, 11) is -15.7. The fraction of sp³-hybridized carbons (Fsp3) is 0.656. The average Bonchev–Trinajstić information content (AvgIpc) is 1.59. The minimum absolute atomic E-state index is 0.0823. The van der Waals surface area contributed by atoms with Crippen molar-refractivity contribution in [1.82, 2.24) is 15.4 Å². The van der Waals surface area contributed by atoms with Gasteiger partial charge in [0.2, 0.25) is 10.0 Å². The highest BCUT2D eigenvalue weighted by Crippen LogP contribution is 2.44. The van der Waals surface area contributed by atoms with Crippen molar-refractivity contribution in [3.63, 3.8) is 0 Å². The van der Waals surface area contributed by atoms with Crippen molar-refractivity contribution >= 4 is 140 Å². The number of amides is 1. The predicted octanol–water partition coefficient (Wildman–Crippen LogP) is 2.30. The Labute approximate surface area is 609 Å². The highest BCUT2D eigenvalue weighted by atomic mass is 32.3. The second-order valence-electron chi connectivity index (χ2n) is 23.3. The zero-order chi connectivity index (χ0) is 80.0. The Hall–Kier alpha value is -7.81. The maximum absolute atomic E-state index is 13.0. The number of esters is 11. The lowest BCUT2D eigenvalue weighted by Gasteiger charge is -2.27. The molecule has 2 aliphatic heterocycles. The van der Waals surface area contributed by atoms with Crippen LogP contribution in [-0.4, -0.2) is 207 Å². The molecule has 2 aromatic rings. The molecule has 4 heterocycles. The summed E-state index contributed by atoms with van der Waals surface area (Å²) >= 11 is 1.25. The molecular weight excluding hydrogens is 1510 g/mol. The van der Waals surface area contributed by atoms with Gasteiger partial charge in [0.15, 0.2) is 86.8 Å². The monoisotopic (exact) mass is 1600 g/mol. The normalized spacial score (nSPS) is 19.5. The third kappa shape index (κ3) is 27.3. The molecule has 588 valence electrons. The number of rotatable bonds is 33. The molecule has 1 amide bonds. The van der Waals surface area contributed by atoms with Crippen molar-refractivity contribution in [3.8, 4) is 0 Å². The van der Waals surface area contributed by atoms with E-state index < -0.39 is 205 Å². The van der Waals surface area contributed by atoms with Gasteiger partial charge in [0.1, 0.15) is 16.8 Å². The number of carbonyl (C=O) groups is 13. The van der Waals surface area contributed by atoms with Crippen LogP contribution in [-0.2, 0) is 154 Å². The molecule has 43 heteroatoms. The first-order chi connectivity index (χ1) is 47.9. The largest absolute Gasteiger partial charge is 0.479 e. The summed E-state index contributed by atoms with van der Waals surface area (Å²) < 4.78 is 154. The van der Waals surface area contributed by atoms with Crippen molar-refractivity contribution < 1.29 is 153 Å². The van der Waals surface area contributed by atoms with Crippen LogP contribution in [0.2, 0.25) is 0 Å². The number of hydrogen-bond donors (Lipinski definition) is 5. The SMILES string of the molecule is CCCC(=O)O[C@@H](C)C(=O)O[C@@H](C)C(=O)O[C@@H](C)C(=O)O[C@@H](C)C(=O)O[C@@H](C)C(=O)NS(=O)(=O)c1cc2c(s1)S(=O)(=O)[C@@H](C)C[C@@H]2NCC.CCCC(=O)O[C@@H](C)C(=O)O[C@H](C)C(=O)O[C@H](C)C(=O)O[C@H](C)C(=O)O[C@H](C)C(=O)O[C@H](C)C(=O)O.CCN[C@H]1C[C@H](C)S(=O)(=O)c2sc(S(N)(=O)=O)cc21. The third-order valence-corrected chi connectivity index (χ3v) is 25.4. The van der Waals surface area contributed by atoms with Crippen molar-refractivity contribution in [3.05, 3.63) is 23.3 Å². The Morgan fingerprint density at radius 1 is 0.442 bits per heavy atom. The van der Waals surface area contributed by atoms with Crippen LogP contribution in [0.15, 0.2) is 29.0 Å². The molecule has 15 atom stereocenters. The number of ether oxygens (including phenoxy) is 11. The minimum atomic E-state index is -4.58. The summed E-state index contributed by atoms with van der Waals surface area (Å²) in [5.74, 6) is -14.1. The number of carboxylic acids is 1. The molecule has 0 radical (unpaired) electrons. The van der Waals surface area contributed by atoms with Crippen molar-refractivity contribution in [2.45, 2.75) is 263 Å². The van der Waals surface area contributed by atoms with E-state index in [0.717, 1.165) is 66.7 Å². The second-order valence-corrected chi connectivity index (χ2v) is 34.3. The number of nitrogens with two attached hydrogens (primary N) is 1. The van der Waals surface area contributed by atoms with Gasteiger partial charge in [0, 0.05) is 36.1 Å². The third-order valence-electron chi connectivity index (χ3n) is 14.4. The Morgan fingerprint density at radius 2 is 0.692 bits per heavy atom. The molecule has 104 heavy (non-hydrogen) atoms. The lowest BCUT2D eigenvalue weighted by molar-refractivity contribution is -0.187. The summed E-state index contributed by atoms with van der Waals surface area (Å²) in [6.07, 6.45) is -14.6. The van der Waals surface area contributed by atoms with Gasteiger partial charge in [-0.3, -0.25) is 14.4 Å². The highest BCUT2D eigenvalue weighted by molar-refractivity contribution is 7.96. The summed E-state index contributed by atoms with van der Waals surface area (Å²) in [6, 6.07) is 2.01. The molecule has 37 nitrogen and oxygen atoms in total. The molecule has 0 fully saturated rings. The molecule has 0 aromatic carbocycles. The molecule has 0 bridgehead atoms. The maximum Gasteiger partial charge on any atom is 0.347 e. The van der Waals surface area contributed by atoms with E-state index >= 15 is 0 Å². The van der Waals surface area contributed by atoms with E-state index in [1.165, 1.54) is 39.8 Å². The number of nitrogens with one attached hydrogen (secondary N) is 3. The van der Waals surface area contributed by atoms with Crippen molar-refractivity contribution in [2.75, 3.05) is 13.1 Å². The van der Waals surface area contributed by atoms with Crippen LogP contribution < -0.4 is 20.5 Å². The topological polar surface area (TPSA) is 542 Å². The molecule has 0 unspecified atom stereocenters. The number of fused-ring (bicyclic) bond motifs is 2. The van der Waals surface area contributed by atoms with E-state index in [0.29, 0.717) is 49.3 Å². The second kappa shape index (κ2) is 40.6. The number of sulfone groups is 2. The summed E-state index contributed by atoms with van der Waals surface area (Å²) in [4.78, 5) is 156. The number of hydrogen-bond acceptors (Lipinski definition) is 36. The molecule has 0 aliphatic carbocycles. The van der Waals surface area contributed by atoms with Gasteiger partial charge in [-0.25, -0.2) is 91.5 Å². The Morgan fingerprint density at radius 3 is 0.952 bits per heavy atom. The summed E-state index contributed by atoms with van der Waals surface area (Å²) in [5.41, 5.74) is 0.803. The van der Waals surface area contributed by atoms with Crippen LogP contribution in [0, 0.1) is 0 Å². The smallest absolute Gasteiger partial charge is 0.347 e. The number of carboxylic acid groups (broad SMARTS) is 1. The van der Waals surface area contributed by atoms with Crippen LogP contribution in [0.4, 0.5) is 0 Å². The van der Waals surface area contributed by atoms with Gasteiger partial charge >= 0.3 is 71.6 Å². The summed E-state index contributed by atoms with van der Waals surface area (Å²) in [5, 5.41) is 18.8. The van der Waals surface area contributed by atoms with Gasteiger partial charge in [-0.15, -0.1) is 22.7 Å². The first kappa shape index (κ1) is 92.3. The molecule has 4 rings (SSSR count). The molecular formula is C61H90N4O33S6. The zero-order valence-electron chi connectivity index (χ0n) is 60.0. The van der Waals surface area contributed by atoms with E-state index in [2.05, 4.69) is 15.4 Å². The van der Waals surface area contributed by atoms with Gasteiger partial charge in [-0.2, -0.15) is 0 Å². The van der Waals surface area contributed by atoms with Crippen molar-refractivity contribution in [1.29, 1.82) is 0 Å². The predicted molar refractivity (Wildman–Crippen MR) is 359 cm³/mol. The fourth-order valence-electron chi connectivity index (χ4n) is 8.50. The first-order valence-corrected chi connectivity index (χ1v) is 40.0. The quantitative estimate of drug-likeness (QED) is 0.0505. The van der Waals surface area contributed by atoms with Gasteiger partial charge < -0.3 is 67.8 Å². The maximum atomic E-state index is 13.0. The highest BCUT2D eigenvalue weighted by Gasteiger charge is 2.42. The Kier molecular flexibility index (Phi) is 36.0. The number of aliphatic carboxylic acids is 1. The van der Waals surface area contributed by atoms with E-state index in [-0.39, 0.29) is 43.5 Å². The Bertz CT molecular complexity index is 3930. The van der Waals surface area contributed by atoms with E-state index in [1.807, 2.05) is 13.8 Å². The molecule has 0 spiro atoms. The van der Waals surface area contributed by atoms with E-state index in [4.69, 9.17) is 57.6 Å². The molecule has 0 saturated carbocycles. The van der Waals surface area contributed by atoms with Crippen LogP contribution >= 0.6 is 22.7 Å². The number of carbonyl (C=O) groups excluding carboxylic acids is 12. The van der Waals surface area contributed by atoms with Gasteiger partial charge in [-0.1, -0.05) is 27.7 Å². The van der Waals surface area contributed by atoms with E-state index in [1.54, 1.807) is 25.5 Å². The number of thiophene rings is 2. The van der Waals surface area contributed by atoms with Crippen LogP contribution in [0.1, 0.15) is 179 Å². The lowest BCUT2D eigenvalue weighted by Crippen LogP contribution is -2.41. The van der Waals surface area contributed by atoms with Gasteiger partial charge in [0.05, 0.1) is 10.5 Å². The lowest BCUT2D eigenvalue weighted by atomic mass is 10.1. The summed E-state index contributed by atoms with van der Waals surface area (Å²) in [6.45, 7) is 24.2. The fourth-order valence-corrected chi connectivity index (χ4v) is 18.0. The number of sulfonamides is 2. The average molecular weight is 1600 g/mol. The number of primary sulfonamides is 1. The van der Waals surface area contributed by atoms with Gasteiger partial charge in [-0.05, 0) is 141 Å². The van der Waals surface area contributed by atoms with Crippen LogP contribution in [0.5, 0.6) is 0 Å². The zero-order valence-corrected chi connectivity index (χ0v) is 64.9. The molecule has 2 aromatic heterocycles.